The first-order valence-corrected chi connectivity index (χ1v) is 9.94. The van der Waals surface area contributed by atoms with Crippen molar-refractivity contribution in [2.75, 3.05) is 34.4 Å². The molecule has 2 aromatic rings. The molecule has 0 aliphatic carbocycles. The molecule has 0 spiro atoms. The summed E-state index contributed by atoms with van der Waals surface area (Å²) in [4.78, 5) is 27.4. The normalized spacial score (nSPS) is 14.2. The van der Waals surface area contributed by atoms with Crippen molar-refractivity contribution in [3.8, 4) is 17.2 Å². The summed E-state index contributed by atoms with van der Waals surface area (Å²) in [6.45, 7) is 3.15. The maximum atomic E-state index is 12.8. The number of benzene rings is 2. The van der Waals surface area contributed by atoms with Gasteiger partial charge in [0.15, 0.2) is 11.5 Å². The van der Waals surface area contributed by atoms with Gasteiger partial charge in [-0.05, 0) is 43.5 Å². The van der Waals surface area contributed by atoms with Crippen LogP contribution in [0.5, 0.6) is 17.2 Å². The Bertz CT molecular complexity index is 895. The van der Waals surface area contributed by atoms with E-state index >= 15 is 0 Å². The summed E-state index contributed by atoms with van der Waals surface area (Å²) in [6, 6.07) is 10.9. The van der Waals surface area contributed by atoms with Gasteiger partial charge in [-0.3, -0.25) is 9.59 Å². The predicted molar refractivity (Wildman–Crippen MR) is 114 cm³/mol. The number of nitrogens with one attached hydrogen (secondary N) is 1. The van der Waals surface area contributed by atoms with E-state index in [1.54, 1.807) is 12.1 Å². The molecule has 7 nitrogen and oxygen atoms in total. The second-order valence-corrected chi connectivity index (χ2v) is 7.27. The average Bonchev–Trinajstić information content (AvgIpc) is 2.78. The van der Waals surface area contributed by atoms with E-state index in [2.05, 4.69) is 5.32 Å². The molecule has 0 atom stereocenters. The predicted octanol–water partition coefficient (Wildman–Crippen LogP) is 3.06. The van der Waals surface area contributed by atoms with Crippen molar-refractivity contribution in [1.29, 1.82) is 0 Å². The summed E-state index contributed by atoms with van der Waals surface area (Å²) >= 11 is 0. The number of carbonyl (C=O) groups is 2. The Labute approximate surface area is 176 Å². The average molecular weight is 412 g/mol. The Morgan fingerprint density at radius 3 is 2.10 bits per heavy atom. The molecular formula is C23H28N2O5. The zero-order chi connectivity index (χ0) is 21.7. The zero-order valence-corrected chi connectivity index (χ0v) is 17.9. The molecular weight excluding hydrogens is 384 g/mol. The number of piperidine rings is 1. The van der Waals surface area contributed by atoms with Gasteiger partial charge < -0.3 is 24.4 Å². The molecule has 0 bridgehead atoms. The highest BCUT2D eigenvalue weighted by atomic mass is 16.5. The number of likely N-dealkylation sites (tertiary alicyclic amines) is 1. The van der Waals surface area contributed by atoms with E-state index < -0.39 is 0 Å². The van der Waals surface area contributed by atoms with Crippen molar-refractivity contribution >= 4 is 11.8 Å². The summed E-state index contributed by atoms with van der Waals surface area (Å²) in [6.07, 6.45) is 1.40. The first kappa shape index (κ1) is 21.5. The molecule has 2 amide bonds. The molecule has 0 radical (unpaired) electrons. The van der Waals surface area contributed by atoms with Crippen molar-refractivity contribution < 1.29 is 23.8 Å². The van der Waals surface area contributed by atoms with Crippen molar-refractivity contribution in [3.63, 3.8) is 0 Å². The first-order valence-electron chi connectivity index (χ1n) is 9.94. The Hall–Kier alpha value is -3.22. The SMILES string of the molecule is COc1cc(C(=O)NC2CCN(C(=O)c3ccccc3C)CC2)cc(OC)c1OC. The zero-order valence-electron chi connectivity index (χ0n) is 17.9. The minimum atomic E-state index is -0.210. The number of aryl methyl sites for hydroxylation is 1. The fourth-order valence-corrected chi connectivity index (χ4v) is 3.69. The number of amides is 2. The minimum Gasteiger partial charge on any atom is -0.493 e. The summed E-state index contributed by atoms with van der Waals surface area (Å²) in [5, 5.41) is 3.06. The Morgan fingerprint density at radius 2 is 1.57 bits per heavy atom. The monoisotopic (exact) mass is 412 g/mol. The Morgan fingerprint density at radius 1 is 0.967 bits per heavy atom. The van der Waals surface area contributed by atoms with Gasteiger partial charge in [0.1, 0.15) is 0 Å². The van der Waals surface area contributed by atoms with Crippen LogP contribution in [0.1, 0.15) is 39.1 Å². The number of hydrogen-bond acceptors (Lipinski definition) is 5. The topological polar surface area (TPSA) is 77.1 Å². The maximum absolute atomic E-state index is 12.8. The van der Waals surface area contributed by atoms with Gasteiger partial charge in [-0.2, -0.15) is 0 Å². The summed E-state index contributed by atoms with van der Waals surface area (Å²) in [5.41, 5.74) is 2.14. The van der Waals surface area contributed by atoms with Crippen LogP contribution in [0.15, 0.2) is 36.4 Å². The van der Waals surface area contributed by atoms with E-state index in [1.165, 1.54) is 21.3 Å². The first-order chi connectivity index (χ1) is 14.5. The van der Waals surface area contributed by atoms with E-state index in [-0.39, 0.29) is 17.9 Å². The number of carbonyl (C=O) groups excluding carboxylic acids is 2. The Kier molecular flexibility index (Phi) is 6.82. The molecule has 1 aliphatic heterocycles. The fourth-order valence-electron chi connectivity index (χ4n) is 3.69. The van der Waals surface area contributed by atoms with Crippen LogP contribution in [0.4, 0.5) is 0 Å². The van der Waals surface area contributed by atoms with E-state index in [1.807, 2.05) is 36.1 Å². The van der Waals surface area contributed by atoms with Crippen LogP contribution in [0.25, 0.3) is 0 Å². The van der Waals surface area contributed by atoms with Crippen LogP contribution in [-0.2, 0) is 0 Å². The number of nitrogens with zero attached hydrogens (tertiary/aromatic N) is 1. The number of rotatable bonds is 6. The molecule has 1 heterocycles. The molecule has 3 rings (SSSR count). The number of methoxy groups -OCH3 is 3. The molecule has 1 fully saturated rings. The molecule has 0 aromatic heterocycles. The minimum absolute atomic E-state index is 0.00230. The molecule has 1 N–H and O–H groups in total. The third-order valence-corrected chi connectivity index (χ3v) is 5.42. The molecule has 1 aliphatic rings. The van der Waals surface area contributed by atoms with Crippen molar-refractivity contribution in [2.45, 2.75) is 25.8 Å². The van der Waals surface area contributed by atoms with Gasteiger partial charge in [-0.25, -0.2) is 0 Å². The van der Waals surface area contributed by atoms with Crippen LogP contribution in [0.3, 0.4) is 0 Å². The molecule has 1 saturated heterocycles. The Balaban J connectivity index is 1.63. The third-order valence-electron chi connectivity index (χ3n) is 5.42. The van der Waals surface area contributed by atoms with Crippen LogP contribution in [0.2, 0.25) is 0 Å². The maximum Gasteiger partial charge on any atom is 0.254 e. The van der Waals surface area contributed by atoms with Gasteiger partial charge >= 0.3 is 0 Å². The van der Waals surface area contributed by atoms with Gasteiger partial charge in [0.2, 0.25) is 5.75 Å². The molecule has 30 heavy (non-hydrogen) atoms. The van der Waals surface area contributed by atoms with Gasteiger partial charge in [-0.15, -0.1) is 0 Å². The second kappa shape index (κ2) is 9.52. The van der Waals surface area contributed by atoms with Gasteiger partial charge in [0.05, 0.1) is 21.3 Å². The van der Waals surface area contributed by atoms with Crippen LogP contribution < -0.4 is 19.5 Å². The summed E-state index contributed by atoms with van der Waals surface area (Å²) < 4.78 is 15.9. The van der Waals surface area contributed by atoms with Crippen molar-refractivity contribution in [1.82, 2.24) is 10.2 Å². The second-order valence-electron chi connectivity index (χ2n) is 7.27. The van der Waals surface area contributed by atoms with Gasteiger partial charge in [0.25, 0.3) is 11.8 Å². The molecule has 0 saturated carbocycles. The highest BCUT2D eigenvalue weighted by molar-refractivity contribution is 5.96. The van der Waals surface area contributed by atoms with Crippen molar-refractivity contribution in [3.05, 3.63) is 53.1 Å². The largest absolute Gasteiger partial charge is 0.493 e. The third kappa shape index (κ3) is 4.50. The van der Waals surface area contributed by atoms with Crippen LogP contribution in [0, 0.1) is 6.92 Å². The number of hydrogen-bond donors (Lipinski definition) is 1. The highest BCUT2D eigenvalue weighted by Crippen LogP contribution is 2.38. The van der Waals surface area contributed by atoms with Crippen LogP contribution >= 0.6 is 0 Å². The standard InChI is InChI=1S/C23H28N2O5/c1-15-7-5-6-8-18(15)23(27)25-11-9-17(10-12-25)24-22(26)16-13-19(28-2)21(30-4)20(14-16)29-3/h5-8,13-14,17H,9-12H2,1-4H3,(H,24,26). The lowest BCUT2D eigenvalue weighted by Crippen LogP contribution is -2.46. The van der Waals surface area contributed by atoms with E-state index in [0.29, 0.717) is 48.7 Å². The van der Waals surface area contributed by atoms with Crippen molar-refractivity contribution in [2.24, 2.45) is 0 Å². The quantitative estimate of drug-likeness (QED) is 0.789. The number of ether oxygens (including phenoxy) is 3. The van der Waals surface area contributed by atoms with E-state index in [4.69, 9.17) is 14.2 Å². The lowest BCUT2D eigenvalue weighted by molar-refractivity contribution is 0.0697. The highest BCUT2D eigenvalue weighted by Gasteiger charge is 2.26. The van der Waals surface area contributed by atoms with Gasteiger partial charge in [-0.1, -0.05) is 18.2 Å². The fraction of sp³-hybridized carbons (Fsp3) is 0.391. The molecule has 2 aromatic carbocycles. The smallest absolute Gasteiger partial charge is 0.254 e. The van der Waals surface area contributed by atoms with Gasteiger partial charge in [0, 0.05) is 30.3 Å². The van der Waals surface area contributed by atoms with Crippen LogP contribution in [-0.4, -0.2) is 57.2 Å². The molecule has 0 unspecified atom stereocenters. The lowest BCUT2D eigenvalue weighted by Gasteiger charge is -2.32. The molecule has 160 valence electrons. The molecule has 7 heteroatoms. The van der Waals surface area contributed by atoms with E-state index in [9.17, 15) is 9.59 Å². The van der Waals surface area contributed by atoms with E-state index in [0.717, 1.165) is 11.1 Å². The summed E-state index contributed by atoms with van der Waals surface area (Å²) in [7, 11) is 4.55. The lowest BCUT2D eigenvalue weighted by atomic mass is 10.0. The summed E-state index contributed by atoms with van der Waals surface area (Å²) in [5.74, 6) is 1.14.